The fourth-order valence-corrected chi connectivity index (χ4v) is 3.11. The second-order valence-electron chi connectivity index (χ2n) is 5.15. The highest BCUT2D eigenvalue weighted by atomic mass is 79.9. The lowest BCUT2D eigenvalue weighted by Crippen LogP contribution is -2.49. The second kappa shape index (κ2) is 7.94. The van der Waals surface area contributed by atoms with Gasteiger partial charge in [0, 0.05) is 22.5 Å². The Morgan fingerprint density at radius 3 is 2.95 bits per heavy atom. The maximum absolute atomic E-state index is 12.4. The van der Waals surface area contributed by atoms with E-state index in [1.54, 1.807) is 11.0 Å². The summed E-state index contributed by atoms with van der Waals surface area (Å²) in [6.07, 6.45) is 0.777. The van der Waals surface area contributed by atoms with Crippen molar-refractivity contribution >= 4 is 39.4 Å². The largest absolute Gasteiger partial charge is 0.481 e. The van der Waals surface area contributed by atoms with Gasteiger partial charge in [0.25, 0.3) is 0 Å². The predicted molar refractivity (Wildman–Crippen MR) is 86.0 cm³/mol. The number of hydrogen-bond acceptors (Lipinski definition) is 3. The molecule has 1 saturated heterocycles. The van der Waals surface area contributed by atoms with E-state index < -0.39 is 5.97 Å². The third-order valence-corrected chi connectivity index (χ3v) is 4.58. The number of carboxylic acid groups (broad SMARTS) is 1. The molecule has 1 aliphatic rings. The number of rotatable bonds is 5. The molecule has 120 valence electrons. The van der Waals surface area contributed by atoms with Crippen LogP contribution in [0.4, 0.5) is 0 Å². The molecular formula is C15H17BrClNO4. The van der Waals surface area contributed by atoms with Crippen LogP contribution >= 0.6 is 27.5 Å². The first-order valence-corrected chi connectivity index (χ1v) is 8.17. The summed E-state index contributed by atoms with van der Waals surface area (Å²) in [4.78, 5) is 24.9. The maximum Gasteiger partial charge on any atom is 0.305 e. The zero-order chi connectivity index (χ0) is 16.1. The summed E-state index contributed by atoms with van der Waals surface area (Å²) in [5.74, 6) is -0.979. The van der Waals surface area contributed by atoms with Crippen LogP contribution in [-0.2, 0) is 20.7 Å². The van der Waals surface area contributed by atoms with Crippen molar-refractivity contribution in [1.29, 1.82) is 0 Å². The van der Waals surface area contributed by atoms with Crippen LogP contribution in [0, 0.1) is 0 Å². The summed E-state index contributed by atoms with van der Waals surface area (Å²) >= 11 is 9.40. The van der Waals surface area contributed by atoms with E-state index >= 15 is 0 Å². The average Bonchev–Trinajstić information content (AvgIpc) is 2.48. The number of hydrogen-bond donors (Lipinski definition) is 1. The number of aryl methyl sites for hydroxylation is 1. The van der Waals surface area contributed by atoms with Crippen LogP contribution in [0.25, 0.3) is 0 Å². The third kappa shape index (κ3) is 4.69. The van der Waals surface area contributed by atoms with Crippen molar-refractivity contribution in [2.75, 3.05) is 19.8 Å². The van der Waals surface area contributed by atoms with E-state index in [-0.39, 0.29) is 25.0 Å². The second-order valence-corrected chi connectivity index (χ2v) is 6.44. The molecule has 2 rings (SSSR count). The lowest BCUT2D eigenvalue weighted by Gasteiger charge is -2.35. The van der Waals surface area contributed by atoms with Crippen molar-refractivity contribution in [3.63, 3.8) is 0 Å². The van der Waals surface area contributed by atoms with E-state index in [0.29, 0.717) is 31.0 Å². The van der Waals surface area contributed by atoms with Crippen molar-refractivity contribution in [3.8, 4) is 0 Å². The van der Waals surface area contributed by atoms with Crippen molar-refractivity contribution in [1.82, 2.24) is 4.90 Å². The Kier molecular flexibility index (Phi) is 6.23. The lowest BCUT2D eigenvalue weighted by atomic mass is 10.1. The molecule has 5 nitrogen and oxygen atoms in total. The minimum atomic E-state index is -0.925. The van der Waals surface area contributed by atoms with E-state index in [1.165, 1.54) is 0 Å². The Labute approximate surface area is 142 Å². The Morgan fingerprint density at radius 1 is 1.45 bits per heavy atom. The van der Waals surface area contributed by atoms with E-state index in [4.69, 9.17) is 21.4 Å². The molecule has 7 heteroatoms. The monoisotopic (exact) mass is 389 g/mol. The van der Waals surface area contributed by atoms with Gasteiger partial charge in [0.1, 0.15) is 0 Å². The Hall–Kier alpha value is -1.11. The molecule has 1 aromatic carbocycles. The van der Waals surface area contributed by atoms with Gasteiger partial charge in [0.2, 0.25) is 5.91 Å². The average molecular weight is 391 g/mol. The molecule has 1 atom stereocenters. The number of carbonyl (C=O) groups excluding carboxylic acids is 1. The van der Waals surface area contributed by atoms with Crippen LogP contribution < -0.4 is 0 Å². The van der Waals surface area contributed by atoms with Gasteiger partial charge in [0.15, 0.2) is 0 Å². The Balaban J connectivity index is 1.97. The van der Waals surface area contributed by atoms with E-state index in [2.05, 4.69) is 15.9 Å². The minimum absolute atomic E-state index is 0.0542. The van der Waals surface area contributed by atoms with Crippen LogP contribution in [0.3, 0.4) is 0 Å². The zero-order valence-electron chi connectivity index (χ0n) is 11.9. The van der Waals surface area contributed by atoms with E-state index in [9.17, 15) is 9.59 Å². The molecule has 0 bridgehead atoms. The van der Waals surface area contributed by atoms with Crippen molar-refractivity contribution < 1.29 is 19.4 Å². The van der Waals surface area contributed by atoms with Gasteiger partial charge < -0.3 is 14.7 Å². The number of benzene rings is 1. The molecule has 1 amide bonds. The van der Waals surface area contributed by atoms with E-state index in [1.807, 2.05) is 12.1 Å². The number of carbonyl (C=O) groups is 2. The lowest BCUT2D eigenvalue weighted by molar-refractivity contribution is -0.146. The maximum atomic E-state index is 12.4. The fraction of sp³-hybridized carbons (Fsp3) is 0.467. The SMILES string of the molecule is O=C(O)CC1COCCN1C(=O)CCc1cc(Cl)ccc1Br. The quantitative estimate of drug-likeness (QED) is 0.839. The molecule has 1 heterocycles. The molecule has 22 heavy (non-hydrogen) atoms. The topological polar surface area (TPSA) is 66.8 Å². The molecule has 1 aromatic rings. The molecule has 0 radical (unpaired) electrons. The van der Waals surface area contributed by atoms with Gasteiger partial charge in [-0.05, 0) is 30.2 Å². The van der Waals surface area contributed by atoms with Crippen LogP contribution in [0.5, 0.6) is 0 Å². The summed E-state index contributed by atoms with van der Waals surface area (Å²) in [7, 11) is 0. The number of amides is 1. The van der Waals surface area contributed by atoms with Crippen LogP contribution in [0.2, 0.25) is 5.02 Å². The molecule has 0 saturated carbocycles. The summed E-state index contributed by atoms with van der Waals surface area (Å²) in [6, 6.07) is 5.07. The standard InChI is InChI=1S/C15H17BrClNO4/c16-13-3-2-11(17)7-10(13)1-4-14(19)18-5-6-22-9-12(18)8-15(20)21/h2-3,7,12H,1,4-6,8-9H2,(H,20,21). The summed E-state index contributed by atoms with van der Waals surface area (Å²) in [6.45, 7) is 1.16. The van der Waals surface area contributed by atoms with Crippen LogP contribution in [-0.4, -0.2) is 47.7 Å². The highest BCUT2D eigenvalue weighted by Gasteiger charge is 2.28. The van der Waals surface area contributed by atoms with Crippen molar-refractivity contribution in [3.05, 3.63) is 33.3 Å². The van der Waals surface area contributed by atoms with Gasteiger partial charge in [-0.3, -0.25) is 9.59 Å². The molecule has 0 aliphatic carbocycles. The molecule has 0 aromatic heterocycles. The molecule has 1 aliphatic heterocycles. The van der Waals surface area contributed by atoms with Gasteiger partial charge in [-0.25, -0.2) is 0 Å². The first-order valence-electron chi connectivity index (χ1n) is 7.00. The van der Waals surface area contributed by atoms with Crippen LogP contribution in [0.1, 0.15) is 18.4 Å². The molecule has 0 spiro atoms. The minimum Gasteiger partial charge on any atom is -0.481 e. The summed E-state index contributed by atoms with van der Waals surface area (Å²) < 4.78 is 6.19. The molecule has 1 fully saturated rings. The smallest absolute Gasteiger partial charge is 0.305 e. The number of nitrogens with zero attached hydrogens (tertiary/aromatic N) is 1. The van der Waals surface area contributed by atoms with Crippen LogP contribution in [0.15, 0.2) is 22.7 Å². The van der Waals surface area contributed by atoms with Crippen molar-refractivity contribution in [2.24, 2.45) is 0 Å². The highest BCUT2D eigenvalue weighted by Crippen LogP contribution is 2.23. The summed E-state index contributed by atoms with van der Waals surface area (Å²) in [5, 5.41) is 9.55. The van der Waals surface area contributed by atoms with Crippen molar-refractivity contribution in [2.45, 2.75) is 25.3 Å². The number of ether oxygens (including phenoxy) is 1. The molecule has 1 N–H and O–H groups in total. The van der Waals surface area contributed by atoms with E-state index in [0.717, 1.165) is 10.0 Å². The van der Waals surface area contributed by atoms with Gasteiger partial charge in [-0.1, -0.05) is 27.5 Å². The number of carboxylic acids is 1. The molecular weight excluding hydrogens is 374 g/mol. The zero-order valence-corrected chi connectivity index (χ0v) is 14.3. The predicted octanol–water partition coefficient (Wildman–Crippen LogP) is 2.74. The highest BCUT2D eigenvalue weighted by molar-refractivity contribution is 9.10. The Morgan fingerprint density at radius 2 is 2.23 bits per heavy atom. The first-order chi connectivity index (χ1) is 10.5. The van der Waals surface area contributed by atoms with Gasteiger partial charge in [-0.15, -0.1) is 0 Å². The first kappa shape index (κ1) is 17.2. The Bertz CT molecular complexity index is 566. The number of halogens is 2. The summed E-state index contributed by atoms with van der Waals surface area (Å²) in [5.41, 5.74) is 0.962. The number of aliphatic carboxylic acids is 1. The van der Waals surface area contributed by atoms with Gasteiger partial charge in [0.05, 0.1) is 25.7 Å². The fourth-order valence-electron chi connectivity index (χ4n) is 2.47. The number of morpholine rings is 1. The van der Waals surface area contributed by atoms with Gasteiger partial charge >= 0.3 is 5.97 Å². The third-order valence-electron chi connectivity index (χ3n) is 3.57. The van der Waals surface area contributed by atoms with Gasteiger partial charge in [-0.2, -0.15) is 0 Å². The molecule has 1 unspecified atom stereocenters. The normalized spacial score (nSPS) is 18.3.